The Morgan fingerprint density at radius 1 is 1.47 bits per heavy atom. The SMILES string of the molecule is CC(=O)O[C@H](C#C[Si](C)(C)C)[C@]1(C)CCCO1. The molecule has 0 aliphatic carbocycles. The minimum absolute atomic E-state index is 0.295. The molecule has 2 atom stereocenters. The minimum Gasteiger partial charge on any atom is -0.446 e. The van der Waals surface area contributed by atoms with E-state index in [0.29, 0.717) is 0 Å². The highest BCUT2D eigenvalue weighted by atomic mass is 28.3. The molecule has 17 heavy (non-hydrogen) atoms. The molecule has 0 aromatic rings. The van der Waals surface area contributed by atoms with Gasteiger partial charge in [0.1, 0.15) is 13.7 Å². The molecule has 0 bridgehead atoms. The highest BCUT2D eigenvalue weighted by Crippen LogP contribution is 2.30. The van der Waals surface area contributed by atoms with Crippen LogP contribution in [0.5, 0.6) is 0 Å². The van der Waals surface area contributed by atoms with Gasteiger partial charge in [-0.2, -0.15) is 0 Å². The predicted molar refractivity (Wildman–Crippen MR) is 70.3 cm³/mol. The summed E-state index contributed by atoms with van der Waals surface area (Å²) in [4.78, 5) is 11.1. The largest absolute Gasteiger partial charge is 0.446 e. The average Bonchev–Trinajstić information content (AvgIpc) is 2.58. The molecule has 96 valence electrons. The van der Waals surface area contributed by atoms with Gasteiger partial charge in [-0.05, 0) is 19.8 Å². The van der Waals surface area contributed by atoms with E-state index in [4.69, 9.17) is 9.47 Å². The van der Waals surface area contributed by atoms with Crippen LogP contribution in [0.2, 0.25) is 19.6 Å². The number of carbonyl (C=O) groups excluding carboxylic acids is 1. The Hall–Kier alpha value is -0.793. The first-order chi connectivity index (χ1) is 7.73. The topological polar surface area (TPSA) is 35.5 Å². The molecule has 1 aliphatic heterocycles. The summed E-state index contributed by atoms with van der Waals surface area (Å²) in [5.74, 6) is 2.82. The van der Waals surface area contributed by atoms with Crippen LogP contribution < -0.4 is 0 Å². The van der Waals surface area contributed by atoms with Gasteiger partial charge in [0.25, 0.3) is 0 Å². The van der Waals surface area contributed by atoms with E-state index in [-0.39, 0.29) is 5.97 Å². The third-order valence-electron chi connectivity index (χ3n) is 2.67. The van der Waals surface area contributed by atoms with E-state index in [1.807, 2.05) is 6.92 Å². The molecule has 0 spiro atoms. The highest BCUT2D eigenvalue weighted by Gasteiger charge is 2.40. The Morgan fingerprint density at radius 2 is 2.12 bits per heavy atom. The maximum atomic E-state index is 11.1. The second-order valence-electron chi connectivity index (χ2n) is 5.77. The third-order valence-corrected chi connectivity index (χ3v) is 3.56. The van der Waals surface area contributed by atoms with Crippen LogP contribution in [0.3, 0.4) is 0 Å². The van der Waals surface area contributed by atoms with Gasteiger partial charge in [0.2, 0.25) is 0 Å². The van der Waals surface area contributed by atoms with Gasteiger partial charge in [0.05, 0.1) is 0 Å². The van der Waals surface area contributed by atoms with Crippen molar-refractivity contribution in [2.75, 3.05) is 6.61 Å². The number of rotatable bonds is 2. The van der Waals surface area contributed by atoms with Gasteiger partial charge >= 0.3 is 5.97 Å². The number of esters is 1. The fraction of sp³-hybridized carbons (Fsp3) is 0.769. The molecule has 0 N–H and O–H groups in total. The highest BCUT2D eigenvalue weighted by molar-refractivity contribution is 6.83. The molecule has 0 amide bonds. The summed E-state index contributed by atoms with van der Waals surface area (Å²) in [6, 6.07) is 0. The zero-order valence-electron chi connectivity index (χ0n) is 11.4. The van der Waals surface area contributed by atoms with E-state index in [9.17, 15) is 4.79 Å². The van der Waals surface area contributed by atoms with Crippen molar-refractivity contribution in [2.24, 2.45) is 0 Å². The zero-order chi connectivity index (χ0) is 13.1. The van der Waals surface area contributed by atoms with E-state index in [2.05, 4.69) is 31.1 Å². The monoisotopic (exact) mass is 254 g/mol. The zero-order valence-corrected chi connectivity index (χ0v) is 12.4. The van der Waals surface area contributed by atoms with Gasteiger partial charge in [-0.15, -0.1) is 5.54 Å². The fourth-order valence-electron chi connectivity index (χ4n) is 1.76. The number of ether oxygens (including phenoxy) is 2. The summed E-state index contributed by atoms with van der Waals surface area (Å²) in [6.45, 7) is 10.6. The minimum atomic E-state index is -1.46. The molecule has 0 aromatic heterocycles. The van der Waals surface area contributed by atoms with Crippen LogP contribution in [0.15, 0.2) is 0 Å². The molecule has 1 saturated heterocycles. The number of hydrogen-bond donors (Lipinski definition) is 0. The van der Waals surface area contributed by atoms with Crippen LogP contribution in [0.1, 0.15) is 26.7 Å². The Bertz CT molecular complexity index is 340. The predicted octanol–water partition coefficient (Wildman–Crippen LogP) is 2.37. The van der Waals surface area contributed by atoms with Crippen molar-refractivity contribution in [1.29, 1.82) is 0 Å². The van der Waals surface area contributed by atoms with E-state index >= 15 is 0 Å². The lowest BCUT2D eigenvalue weighted by molar-refractivity contribution is -0.155. The van der Waals surface area contributed by atoms with Crippen molar-refractivity contribution in [3.63, 3.8) is 0 Å². The molecule has 0 unspecified atom stereocenters. The summed E-state index contributed by atoms with van der Waals surface area (Å²) in [7, 11) is -1.46. The number of carbonyl (C=O) groups is 1. The Kier molecular flexibility index (Phi) is 4.40. The van der Waals surface area contributed by atoms with E-state index in [1.165, 1.54) is 6.92 Å². The van der Waals surface area contributed by atoms with Crippen LogP contribution in [0.4, 0.5) is 0 Å². The van der Waals surface area contributed by atoms with Gasteiger partial charge in [0, 0.05) is 13.5 Å². The van der Waals surface area contributed by atoms with Crippen molar-refractivity contribution >= 4 is 14.0 Å². The molecule has 0 radical (unpaired) electrons. The standard InChI is InChI=1S/C13H22O3Si/c1-11(14)16-12(7-10-17(3,4)5)13(2)8-6-9-15-13/h12H,6,8-9H2,1-5H3/t12-,13+/m1/s1. The van der Waals surface area contributed by atoms with E-state index in [1.54, 1.807) is 0 Å². The van der Waals surface area contributed by atoms with E-state index in [0.717, 1.165) is 19.4 Å². The maximum Gasteiger partial charge on any atom is 0.303 e. The summed E-state index contributed by atoms with van der Waals surface area (Å²) in [6.07, 6.45) is 1.46. The van der Waals surface area contributed by atoms with Crippen molar-refractivity contribution in [2.45, 2.75) is 58.0 Å². The average molecular weight is 254 g/mol. The van der Waals surface area contributed by atoms with Crippen LogP contribution in [0, 0.1) is 11.5 Å². The first-order valence-corrected chi connectivity index (χ1v) is 9.57. The van der Waals surface area contributed by atoms with Gasteiger partial charge in [-0.3, -0.25) is 4.79 Å². The molecule has 3 nitrogen and oxygen atoms in total. The smallest absolute Gasteiger partial charge is 0.303 e. The van der Waals surface area contributed by atoms with Gasteiger partial charge in [-0.1, -0.05) is 25.6 Å². The van der Waals surface area contributed by atoms with Gasteiger partial charge < -0.3 is 9.47 Å². The third kappa shape index (κ3) is 4.53. The molecule has 1 rings (SSSR count). The fourth-order valence-corrected chi connectivity index (χ4v) is 2.33. The molecule has 1 aliphatic rings. The van der Waals surface area contributed by atoms with Crippen molar-refractivity contribution in [3.8, 4) is 11.5 Å². The van der Waals surface area contributed by atoms with Gasteiger partial charge in [-0.25, -0.2) is 0 Å². The molecule has 1 heterocycles. The maximum absolute atomic E-state index is 11.1. The molecule has 0 aromatic carbocycles. The number of hydrogen-bond acceptors (Lipinski definition) is 3. The Morgan fingerprint density at radius 3 is 2.53 bits per heavy atom. The molecule has 0 saturated carbocycles. The lowest BCUT2D eigenvalue weighted by atomic mass is 9.96. The summed E-state index contributed by atoms with van der Waals surface area (Å²) >= 11 is 0. The normalized spacial score (nSPS) is 25.9. The first kappa shape index (κ1) is 14.3. The molecule has 1 fully saturated rings. The Balaban J connectivity index is 2.86. The van der Waals surface area contributed by atoms with E-state index < -0.39 is 19.8 Å². The van der Waals surface area contributed by atoms with Gasteiger partial charge in [0.15, 0.2) is 6.10 Å². The van der Waals surface area contributed by atoms with Crippen LogP contribution in [-0.2, 0) is 14.3 Å². The van der Waals surface area contributed by atoms with Crippen LogP contribution in [0.25, 0.3) is 0 Å². The second kappa shape index (κ2) is 5.24. The quantitative estimate of drug-likeness (QED) is 0.431. The second-order valence-corrected chi connectivity index (χ2v) is 10.5. The lowest BCUT2D eigenvalue weighted by Crippen LogP contribution is -2.41. The molecular formula is C13H22O3Si. The summed E-state index contributed by atoms with van der Waals surface area (Å²) < 4.78 is 11.0. The van der Waals surface area contributed by atoms with Crippen LogP contribution >= 0.6 is 0 Å². The summed E-state index contributed by atoms with van der Waals surface area (Å²) in [5.41, 5.74) is 2.83. The molecule has 4 heteroatoms. The Labute approximate surface area is 105 Å². The van der Waals surface area contributed by atoms with Crippen LogP contribution in [-0.4, -0.2) is 32.4 Å². The van der Waals surface area contributed by atoms with Crippen molar-refractivity contribution in [3.05, 3.63) is 0 Å². The molecular weight excluding hydrogens is 232 g/mol. The summed E-state index contributed by atoms with van der Waals surface area (Å²) in [5, 5.41) is 0. The van der Waals surface area contributed by atoms with Crippen molar-refractivity contribution in [1.82, 2.24) is 0 Å². The first-order valence-electron chi connectivity index (χ1n) is 6.07. The van der Waals surface area contributed by atoms with Crippen molar-refractivity contribution < 1.29 is 14.3 Å². The lowest BCUT2D eigenvalue weighted by Gasteiger charge is -2.29.